The monoisotopic (exact) mass is 411 g/mol. The van der Waals surface area contributed by atoms with Gasteiger partial charge < -0.3 is 14.2 Å². The summed E-state index contributed by atoms with van der Waals surface area (Å²) >= 11 is 0. The van der Waals surface area contributed by atoms with Crippen molar-refractivity contribution in [3.05, 3.63) is 84.1 Å². The molecule has 2 aliphatic rings. The predicted octanol–water partition coefficient (Wildman–Crippen LogP) is 3.39. The molecule has 4 heterocycles. The van der Waals surface area contributed by atoms with Crippen molar-refractivity contribution in [1.29, 1.82) is 0 Å². The van der Waals surface area contributed by atoms with E-state index in [1.165, 1.54) is 0 Å². The lowest BCUT2D eigenvalue weighted by Crippen LogP contribution is -2.50. The lowest BCUT2D eigenvalue weighted by atomic mass is 9.85. The first-order valence-electron chi connectivity index (χ1n) is 10.0. The van der Waals surface area contributed by atoms with Crippen molar-refractivity contribution in [2.45, 2.75) is 11.8 Å². The summed E-state index contributed by atoms with van der Waals surface area (Å²) in [6, 6.07) is 15.4. The fourth-order valence-electron chi connectivity index (χ4n) is 4.09. The lowest BCUT2D eigenvalue weighted by molar-refractivity contribution is -0.136. The quantitative estimate of drug-likeness (QED) is 0.510. The standard InChI is InChI=1S/C23H17N5O3/c29-23(20-15-5-1-3-7-18(15)30-19-8-4-2-6-16(19)20)28-12-14(13-28)22-26-21(27-31-22)17-11-24-9-10-25-17/h1-11,14,20H,12-13H2. The van der Waals surface area contributed by atoms with Crippen molar-refractivity contribution in [2.75, 3.05) is 13.1 Å². The molecule has 0 radical (unpaired) electrons. The fourth-order valence-corrected chi connectivity index (χ4v) is 4.09. The first-order valence-corrected chi connectivity index (χ1v) is 10.0. The van der Waals surface area contributed by atoms with E-state index in [0.717, 1.165) is 22.6 Å². The number of hydrogen-bond donors (Lipinski definition) is 0. The van der Waals surface area contributed by atoms with Gasteiger partial charge in [0.05, 0.1) is 18.0 Å². The Hall–Kier alpha value is -4.07. The smallest absolute Gasteiger partial charge is 0.234 e. The van der Waals surface area contributed by atoms with E-state index in [2.05, 4.69) is 20.1 Å². The largest absolute Gasteiger partial charge is 0.457 e. The molecule has 2 aromatic carbocycles. The summed E-state index contributed by atoms with van der Waals surface area (Å²) in [6.07, 6.45) is 4.76. The number of benzene rings is 2. The molecule has 2 aliphatic heterocycles. The maximum atomic E-state index is 13.5. The minimum absolute atomic E-state index is 0.00667. The van der Waals surface area contributed by atoms with Gasteiger partial charge in [-0.05, 0) is 12.1 Å². The average molecular weight is 411 g/mol. The SMILES string of the molecule is O=C(C1c2ccccc2Oc2ccccc21)N1CC(c2nc(-c3cnccn3)no2)C1. The molecule has 8 heteroatoms. The zero-order valence-electron chi connectivity index (χ0n) is 16.4. The third kappa shape index (κ3) is 2.95. The Bertz CT molecular complexity index is 1220. The summed E-state index contributed by atoms with van der Waals surface area (Å²) in [6.45, 7) is 1.06. The van der Waals surface area contributed by atoms with Gasteiger partial charge in [-0.15, -0.1) is 0 Å². The number of likely N-dealkylation sites (tertiary alicyclic amines) is 1. The Morgan fingerprint density at radius 2 is 1.68 bits per heavy atom. The maximum absolute atomic E-state index is 13.5. The van der Waals surface area contributed by atoms with Crippen molar-refractivity contribution >= 4 is 5.91 Å². The summed E-state index contributed by atoms with van der Waals surface area (Å²) in [4.78, 5) is 28.0. The Morgan fingerprint density at radius 3 is 2.35 bits per heavy atom. The third-order valence-corrected chi connectivity index (χ3v) is 5.70. The van der Waals surface area contributed by atoms with Crippen molar-refractivity contribution in [1.82, 2.24) is 25.0 Å². The first-order chi connectivity index (χ1) is 15.3. The molecule has 31 heavy (non-hydrogen) atoms. The van der Waals surface area contributed by atoms with Crippen LogP contribution in [0.2, 0.25) is 0 Å². The van der Waals surface area contributed by atoms with Crippen LogP contribution in [0, 0.1) is 0 Å². The second-order valence-corrected chi connectivity index (χ2v) is 7.60. The summed E-state index contributed by atoms with van der Waals surface area (Å²) in [5.41, 5.74) is 2.33. The van der Waals surface area contributed by atoms with Crippen LogP contribution in [0.1, 0.15) is 28.9 Å². The van der Waals surface area contributed by atoms with Crippen molar-refractivity contribution in [3.63, 3.8) is 0 Å². The molecule has 0 aliphatic carbocycles. The molecule has 8 nitrogen and oxygen atoms in total. The molecule has 152 valence electrons. The molecular weight excluding hydrogens is 394 g/mol. The van der Waals surface area contributed by atoms with E-state index in [9.17, 15) is 4.79 Å². The number of ether oxygens (including phenoxy) is 1. The van der Waals surface area contributed by atoms with Crippen LogP contribution in [0.3, 0.4) is 0 Å². The van der Waals surface area contributed by atoms with Crippen LogP contribution in [0.15, 0.2) is 71.6 Å². The summed E-state index contributed by atoms with van der Waals surface area (Å²) in [7, 11) is 0. The van der Waals surface area contributed by atoms with Gasteiger partial charge in [-0.1, -0.05) is 41.6 Å². The number of rotatable bonds is 3. The minimum Gasteiger partial charge on any atom is -0.457 e. The van der Waals surface area contributed by atoms with E-state index in [0.29, 0.717) is 30.5 Å². The number of para-hydroxylation sites is 2. The van der Waals surface area contributed by atoms with Crippen LogP contribution in [-0.4, -0.2) is 44.0 Å². The highest BCUT2D eigenvalue weighted by Gasteiger charge is 2.41. The molecule has 0 spiro atoms. The van der Waals surface area contributed by atoms with Gasteiger partial charge in [0.1, 0.15) is 17.2 Å². The molecule has 1 fully saturated rings. The van der Waals surface area contributed by atoms with Crippen molar-refractivity contribution < 1.29 is 14.1 Å². The number of carbonyl (C=O) groups excluding carboxylic acids is 1. The third-order valence-electron chi connectivity index (χ3n) is 5.70. The number of hydrogen-bond acceptors (Lipinski definition) is 7. The number of fused-ring (bicyclic) bond motifs is 2. The predicted molar refractivity (Wildman–Crippen MR) is 109 cm³/mol. The van der Waals surface area contributed by atoms with Crippen LogP contribution in [0.4, 0.5) is 0 Å². The highest BCUT2D eigenvalue weighted by Crippen LogP contribution is 2.45. The molecule has 0 N–H and O–H groups in total. The van der Waals surface area contributed by atoms with Crippen LogP contribution in [0.25, 0.3) is 11.5 Å². The zero-order valence-corrected chi connectivity index (χ0v) is 16.4. The lowest BCUT2D eigenvalue weighted by Gasteiger charge is -2.40. The van der Waals surface area contributed by atoms with Gasteiger partial charge in [0.25, 0.3) is 0 Å². The Balaban J connectivity index is 1.23. The number of aromatic nitrogens is 4. The Labute approximate surface area is 177 Å². The second kappa shape index (κ2) is 7.02. The fraction of sp³-hybridized carbons (Fsp3) is 0.174. The normalized spacial score (nSPS) is 15.5. The summed E-state index contributed by atoms with van der Waals surface area (Å²) < 4.78 is 11.4. The summed E-state index contributed by atoms with van der Waals surface area (Å²) in [5.74, 6) is 2.03. The van der Waals surface area contributed by atoms with Gasteiger partial charge >= 0.3 is 0 Å². The molecule has 1 saturated heterocycles. The van der Waals surface area contributed by atoms with E-state index in [4.69, 9.17) is 9.26 Å². The Morgan fingerprint density at radius 1 is 0.968 bits per heavy atom. The van der Waals surface area contributed by atoms with Crippen molar-refractivity contribution in [2.24, 2.45) is 0 Å². The van der Waals surface area contributed by atoms with Gasteiger partial charge in [-0.3, -0.25) is 9.78 Å². The van der Waals surface area contributed by atoms with E-state index in [1.54, 1.807) is 18.6 Å². The molecule has 2 aromatic heterocycles. The van der Waals surface area contributed by atoms with Crippen LogP contribution in [0.5, 0.6) is 11.5 Å². The Kier molecular flexibility index (Phi) is 4.02. The van der Waals surface area contributed by atoms with E-state index in [-0.39, 0.29) is 17.7 Å². The van der Waals surface area contributed by atoms with Crippen LogP contribution >= 0.6 is 0 Å². The van der Waals surface area contributed by atoms with Crippen LogP contribution < -0.4 is 4.74 Å². The summed E-state index contributed by atoms with van der Waals surface area (Å²) in [5, 5.41) is 4.00. The van der Waals surface area contributed by atoms with Gasteiger partial charge in [0.2, 0.25) is 17.6 Å². The first kappa shape index (κ1) is 17.8. The molecule has 0 saturated carbocycles. The molecule has 0 bridgehead atoms. The maximum Gasteiger partial charge on any atom is 0.234 e. The number of carbonyl (C=O) groups is 1. The van der Waals surface area contributed by atoms with Gasteiger partial charge in [0.15, 0.2) is 0 Å². The van der Waals surface area contributed by atoms with Crippen molar-refractivity contribution in [3.8, 4) is 23.0 Å². The minimum atomic E-state index is -0.389. The van der Waals surface area contributed by atoms with E-state index in [1.807, 2.05) is 53.4 Å². The molecule has 1 amide bonds. The average Bonchev–Trinajstić information content (AvgIpc) is 3.26. The van der Waals surface area contributed by atoms with E-state index >= 15 is 0 Å². The molecular formula is C23H17N5O3. The van der Waals surface area contributed by atoms with Crippen LogP contribution in [-0.2, 0) is 4.79 Å². The van der Waals surface area contributed by atoms with Gasteiger partial charge in [-0.2, -0.15) is 4.98 Å². The highest BCUT2D eigenvalue weighted by molar-refractivity contribution is 5.90. The van der Waals surface area contributed by atoms with Gasteiger partial charge in [-0.25, -0.2) is 4.98 Å². The second-order valence-electron chi connectivity index (χ2n) is 7.60. The van der Waals surface area contributed by atoms with E-state index < -0.39 is 0 Å². The highest BCUT2D eigenvalue weighted by atomic mass is 16.5. The zero-order chi connectivity index (χ0) is 20.8. The molecule has 0 unspecified atom stereocenters. The topological polar surface area (TPSA) is 94.2 Å². The molecule has 4 aromatic rings. The number of nitrogens with zero attached hydrogens (tertiary/aromatic N) is 5. The number of amides is 1. The van der Waals surface area contributed by atoms with Gasteiger partial charge in [0, 0.05) is 36.6 Å². The molecule has 0 atom stereocenters. The molecule has 6 rings (SSSR count).